The quantitative estimate of drug-likeness (QED) is 0.725. The Labute approximate surface area is 94.6 Å². The predicted molar refractivity (Wildman–Crippen MR) is 57.9 cm³/mol. The van der Waals surface area contributed by atoms with Gasteiger partial charge in [-0.1, -0.05) is 5.16 Å². The standard InChI is InChI=1S/C10H18N4O2/c1-14(2)4-3-9-12-10(16-13-9)8-5-7(15)6-11-8/h7-8,11,15H,3-6H2,1-2H3/t7-,8-/m1/s1. The monoisotopic (exact) mass is 226 g/mol. The molecule has 1 fully saturated rings. The van der Waals surface area contributed by atoms with E-state index in [1.165, 1.54) is 0 Å². The van der Waals surface area contributed by atoms with Gasteiger partial charge in [-0.05, 0) is 20.5 Å². The molecular formula is C10H18N4O2. The van der Waals surface area contributed by atoms with Crippen molar-refractivity contribution in [2.45, 2.75) is 25.0 Å². The van der Waals surface area contributed by atoms with Crippen LogP contribution in [0.15, 0.2) is 4.52 Å². The number of β-amino-alcohol motifs (C(OH)–C–C–N with tert-alkyl or cyclic N) is 1. The number of hydrogen-bond acceptors (Lipinski definition) is 6. The highest BCUT2D eigenvalue weighted by Gasteiger charge is 2.27. The second-order valence-electron chi connectivity index (χ2n) is 4.45. The van der Waals surface area contributed by atoms with E-state index >= 15 is 0 Å². The molecule has 6 heteroatoms. The fourth-order valence-corrected chi connectivity index (χ4v) is 1.74. The lowest BCUT2D eigenvalue weighted by Gasteiger charge is -2.05. The molecular weight excluding hydrogens is 208 g/mol. The van der Waals surface area contributed by atoms with Crippen LogP contribution in [0.4, 0.5) is 0 Å². The largest absolute Gasteiger partial charge is 0.392 e. The van der Waals surface area contributed by atoms with E-state index in [4.69, 9.17) is 4.52 Å². The van der Waals surface area contributed by atoms with Crippen LogP contribution in [0.5, 0.6) is 0 Å². The van der Waals surface area contributed by atoms with Gasteiger partial charge in [-0.2, -0.15) is 4.98 Å². The lowest BCUT2D eigenvalue weighted by molar-refractivity contribution is 0.191. The highest BCUT2D eigenvalue weighted by molar-refractivity contribution is 4.97. The Balaban J connectivity index is 1.91. The average Bonchev–Trinajstić information content (AvgIpc) is 2.83. The summed E-state index contributed by atoms with van der Waals surface area (Å²) in [5.41, 5.74) is 0. The predicted octanol–water partition coefficient (Wildman–Crippen LogP) is -0.431. The van der Waals surface area contributed by atoms with Crippen molar-refractivity contribution in [1.82, 2.24) is 20.4 Å². The van der Waals surface area contributed by atoms with Gasteiger partial charge in [0.05, 0.1) is 12.1 Å². The lowest BCUT2D eigenvalue weighted by atomic mass is 10.2. The molecule has 1 aromatic rings. The maximum atomic E-state index is 9.38. The first kappa shape index (κ1) is 11.5. The van der Waals surface area contributed by atoms with Crippen LogP contribution < -0.4 is 5.32 Å². The molecule has 0 radical (unpaired) electrons. The zero-order chi connectivity index (χ0) is 11.5. The molecule has 1 saturated heterocycles. The van der Waals surface area contributed by atoms with Crippen molar-refractivity contribution in [3.63, 3.8) is 0 Å². The second kappa shape index (κ2) is 4.90. The molecule has 2 atom stereocenters. The van der Waals surface area contributed by atoms with Crippen LogP contribution in [0, 0.1) is 0 Å². The first-order valence-corrected chi connectivity index (χ1v) is 5.54. The molecule has 16 heavy (non-hydrogen) atoms. The highest BCUT2D eigenvalue weighted by Crippen LogP contribution is 2.21. The molecule has 0 bridgehead atoms. The third kappa shape index (κ3) is 2.78. The van der Waals surface area contributed by atoms with Gasteiger partial charge in [0.15, 0.2) is 5.82 Å². The summed E-state index contributed by atoms with van der Waals surface area (Å²) in [6.07, 6.45) is 1.13. The molecule has 0 saturated carbocycles. The first-order valence-electron chi connectivity index (χ1n) is 5.54. The number of nitrogens with one attached hydrogen (secondary N) is 1. The number of aromatic nitrogens is 2. The maximum Gasteiger partial charge on any atom is 0.243 e. The van der Waals surface area contributed by atoms with Crippen LogP contribution in [-0.2, 0) is 6.42 Å². The van der Waals surface area contributed by atoms with Crippen LogP contribution >= 0.6 is 0 Å². The van der Waals surface area contributed by atoms with E-state index < -0.39 is 0 Å². The van der Waals surface area contributed by atoms with E-state index in [0.717, 1.165) is 18.8 Å². The summed E-state index contributed by atoms with van der Waals surface area (Å²) >= 11 is 0. The summed E-state index contributed by atoms with van der Waals surface area (Å²) < 4.78 is 5.18. The Morgan fingerprint density at radius 3 is 3.00 bits per heavy atom. The normalized spacial score (nSPS) is 25.5. The van der Waals surface area contributed by atoms with E-state index in [1.807, 2.05) is 14.1 Å². The van der Waals surface area contributed by atoms with Crippen molar-refractivity contribution >= 4 is 0 Å². The summed E-state index contributed by atoms with van der Waals surface area (Å²) in [5.74, 6) is 1.32. The van der Waals surface area contributed by atoms with Crippen LogP contribution in [0.3, 0.4) is 0 Å². The SMILES string of the molecule is CN(C)CCc1noc([C@H]2C[C@@H](O)CN2)n1. The van der Waals surface area contributed by atoms with Gasteiger partial charge in [0.1, 0.15) is 0 Å². The minimum atomic E-state index is -0.304. The Morgan fingerprint density at radius 1 is 1.56 bits per heavy atom. The van der Waals surface area contributed by atoms with Gasteiger partial charge < -0.3 is 19.8 Å². The van der Waals surface area contributed by atoms with Gasteiger partial charge in [-0.3, -0.25) is 0 Å². The van der Waals surface area contributed by atoms with Gasteiger partial charge >= 0.3 is 0 Å². The molecule has 1 aliphatic rings. The van der Waals surface area contributed by atoms with Crippen molar-refractivity contribution in [3.8, 4) is 0 Å². The van der Waals surface area contributed by atoms with Crippen LogP contribution in [-0.4, -0.2) is 53.4 Å². The maximum absolute atomic E-state index is 9.38. The smallest absolute Gasteiger partial charge is 0.243 e. The van der Waals surface area contributed by atoms with E-state index in [-0.39, 0.29) is 12.1 Å². The highest BCUT2D eigenvalue weighted by atomic mass is 16.5. The van der Waals surface area contributed by atoms with Gasteiger partial charge in [-0.25, -0.2) is 0 Å². The zero-order valence-corrected chi connectivity index (χ0v) is 9.68. The zero-order valence-electron chi connectivity index (χ0n) is 9.68. The first-order chi connectivity index (χ1) is 7.65. The van der Waals surface area contributed by atoms with Crippen molar-refractivity contribution < 1.29 is 9.63 Å². The summed E-state index contributed by atoms with van der Waals surface area (Å²) in [5, 5.41) is 16.5. The van der Waals surface area contributed by atoms with E-state index in [0.29, 0.717) is 18.9 Å². The minimum Gasteiger partial charge on any atom is -0.392 e. The number of likely N-dealkylation sites (N-methyl/N-ethyl adjacent to an activating group) is 1. The number of aliphatic hydroxyl groups is 1. The number of aliphatic hydroxyl groups excluding tert-OH is 1. The molecule has 0 amide bonds. The fourth-order valence-electron chi connectivity index (χ4n) is 1.74. The molecule has 2 rings (SSSR count). The molecule has 0 unspecified atom stereocenters. The molecule has 0 aromatic carbocycles. The van der Waals surface area contributed by atoms with Gasteiger partial charge in [0.25, 0.3) is 0 Å². The van der Waals surface area contributed by atoms with Crippen molar-refractivity contribution in [3.05, 3.63) is 11.7 Å². The average molecular weight is 226 g/mol. The van der Waals surface area contributed by atoms with Crippen molar-refractivity contribution in [2.75, 3.05) is 27.2 Å². The third-order valence-electron chi connectivity index (χ3n) is 2.67. The summed E-state index contributed by atoms with van der Waals surface area (Å²) in [6.45, 7) is 1.50. The Morgan fingerprint density at radius 2 is 2.38 bits per heavy atom. The molecule has 2 N–H and O–H groups in total. The summed E-state index contributed by atoms with van der Waals surface area (Å²) in [6, 6.07) is 0.00982. The van der Waals surface area contributed by atoms with Crippen LogP contribution in [0.1, 0.15) is 24.2 Å². The fraction of sp³-hybridized carbons (Fsp3) is 0.800. The Hall–Kier alpha value is -0.980. The molecule has 6 nitrogen and oxygen atoms in total. The number of rotatable bonds is 4. The Kier molecular flexibility index (Phi) is 3.52. The topological polar surface area (TPSA) is 74.4 Å². The van der Waals surface area contributed by atoms with Crippen LogP contribution in [0.25, 0.3) is 0 Å². The van der Waals surface area contributed by atoms with Gasteiger partial charge in [0.2, 0.25) is 5.89 Å². The Bertz CT molecular complexity index is 339. The van der Waals surface area contributed by atoms with Crippen LogP contribution in [0.2, 0.25) is 0 Å². The summed E-state index contributed by atoms with van der Waals surface area (Å²) in [7, 11) is 4.02. The van der Waals surface area contributed by atoms with E-state index in [1.54, 1.807) is 0 Å². The van der Waals surface area contributed by atoms with Gasteiger partial charge in [-0.15, -0.1) is 0 Å². The van der Waals surface area contributed by atoms with E-state index in [2.05, 4.69) is 20.4 Å². The minimum absolute atomic E-state index is 0.00982. The molecule has 2 heterocycles. The van der Waals surface area contributed by atoms with E-state index in [9.17, 15) is 5.11 Å². The molecule has 1 aliphatic heterocycles. The second-order valence-corrected chi connectivity index (χ2v) is 4.45. The molecule has 1 aromatic heterocycles. The lowest BCUT2D eigenvalue weighted by Crippen LogP contribution is -2.16. The third-order valence-corrected chi connectivity index (χ3v) is 2.67. The number of hydrogen-bond donors (Lipinski definition) is 2. The van der Waals surface area contributed by atoms with Crippen molar-refractivity contribution in [2.24, 2.45) is 0 Å². The number of nitrogens with zero attached hydrogens (tertiary/aromatic N) is 3. The van der Waals surface area contributed by atoms with Gasteiger partial charge in [0, 0.05) is 19.5 Å². The molecule has 90 valence electrons. The van der Waals surface area contributed by atoms with Crippen molar-refractivity contribution in [1.29, 1.82) is 0 Å². The molecule has 0 spiro atoms. The summed E-state index contributed by atoms with van der Waals surface area (Å²) in [4.78, 5) is 6.40. The molecule has 0 aliphatic carbocycles.